The van der Waals surface area contributed by atoms with Crippen molar-refractivity contribution in [2.75, 3.05) is 13.1 Å². The smallest absolute Gasteiger partial charge is 0.293 e. The second-order valence-electron chi connectivity index (χ2n) is 3.67. The molecule has 1 aliphatic heterocycles. The van der Waals surface area contributed by atoms with Gasteiger partial charge in [0.2, 0.25) is 0 Å². The third-order valence-corrected chi connectivity index (χ3v) is 5.37. The number of thioether (sulfide) groups is 1. The number of nitrogens with zero attached hydrogens (tertiary/aromatic N) is 1. The molecule has 1 aromatic heterocycles. The zero-order chi connectivity index (χ0) is 13.3. The molecule has 0 aromatic carbocycles. The summed E-state index contributed by atoms with van der Waals surface area (Å²) in [7, 11) is 0. The molecule has 18 heavy (non-hydrogen) atoms. The molecule has 4 nitrogen and oxygen atoms in total. The molecule has 0 radical (unpaired) electrons. The molecular weight excluding hydrogens is 336 g/mol. The average molecular weight is 347 g/mol. The van der Waals surface area contributed by atoms with Gasteiger partial charge in [0.05, 0.1) is 4.91 Å². The van der Waals surface area contributed by atoms with Gasteiger partial charge in [-0.25, -0.2) is 0 Å². The van der Waals surface area contributed by atoms with E-state index in [4.69, 9.17) is 5.73 Å². The Kier molecular flexibility index (Phi) is 4.26. The molecule has 7 heteroatoms. The lowest BCUT2D eigenvalue weighted by Gasteiger charge is -2.09. The zero-order valence-corrected chi connectivity index (χ0v) is 12.8. The number of amides is 2. The van der Waals surface area contributed by atoms with E-state index < -0.39 is 0 Å². The molecule has 2 rings (SSSR count). The highest BCUT2D eigenvalue weighted by molar-refractivity contribution is 9.10. The number of aryl methyl sites for hydroxylation is 1. The van der Waals surface area contributed by atoms with Gasteiger partial charge in [0.1, 0.15) is 0 Å². The number of halogens is 1. The van der Waals surface area contributed by atoms with E-state index in [0.29, 0.717) is 4.91 Å². The number of rotatable bonds is 3. The highest BCUT2D eigenvalue weighted by atomic mass is 79.9. The van der Waals surface area contributed by atoms with Crippen molar-refractivity contribution in [3.8, 4) is 0 Å². The van der Waals surface area contributed by atoms with Crippen LogP contribution in [0, 0.1) is 6.92 Å². The second kappa shape index (κ2) is 5.56. The highest BCUT2D eigenvalue weighted by Gasteiger charge is 2.34. The first-order chi connectivity index (χ1) is 8.52. The summed E-state index contributed by atoms with van der Waals surface area (Å²) in [6.45, 7) is 2.55. The molecule has 1 aromatic rings. The van der Waals surface area contributed by atoms with E-state index in [1.807, 2.05) is 13.0 Å². The minimum absolute atomic E-state index is 0.246. The number of hydrogen-bond donors (Lipinski definition) is 1. The first kappa shape index (κ1) is 13.8. The topological polar surface area (TPSA) is 63.4 Å². The SMILES string of the molecule is Cc1sc(/C=C2/SC(=O)N(CCN)C2=O)cc1Br. The van der Waals surface area contributed by atoms with E-state index >= 15 is 0 Å². The van der Waals surface area contributed by atoms with Crippen molar-refractivity contribution in [2.45, 2.75) is 6.92 Å². The molecule has 1 fully saturated rings. The van der Waals surface area contributed by atoms with Gasteiger partial charge in [0.25, 0.3) is 11.1 Å². The van der Waals surface area contributed by atoms with Gasteiger partial charge in [-0.1, -0.05) is 0 Å². The quantitative estimate of drug-likeness (QED) is 0.854. The Morgan fingerprint density at radius 3 is 2.78 bits per heavy atom. The van der Waals surface area contributed by atoms with Crippen LogP contribution in [-0.4, -0.2) is 29.1 Å². The van der Waals surface area contributed by atoms with Gasteiger partial charge >= 0.3 is 0 Å². The number of thiophene rings is 1. The molecule has 1 saturated heterocycles. The van der Waals surface area contributed by atoms with E-state index in [2.05, 4.69) is 15.9 Å². The molecular formula is C11H11BrN2O2S2. The predicted octanol–water partition coefficient (Wildman–Crippen LogP) is 2.81. The summed E-state index contributed by atoms with van der Waals surface area (Å²) in [5.41, 5.74) is 5.38. The monoisotopic (exact) mass is 346 g/mol. The number of imide groups is 1. The van der Waals surface area contributed by atoms with Gasteiger partial charge in [0, 0.05) is 27.3 Å². The van der Waals surface area contributed by atoms with E-state index in [0.717, 1.165) is 26.0 Å². The summed E-state index contributed by atoms with van der Waals surface area (Å²) in [6.07, 6.45) is 1.75. The minimum atomic E-state index is -0.252. The Morgan fingerprint density at radius 1 is 1.50 bits per heavy atom. The summed E-state index contributed by atoms with van der Waals surface area (Å²) in [6, 6.07) is 1.94. The zero-order valence-electron chi connectivity index (χ0n) is 9.60. The molecule has 0 saturated carbocycles. The molecule has 2 heterocycles. The summed E-state index contributed by atoms with van der Waals surface area (Å²) in [4.78, 5) is 27.3. The fourth-order valence-corrected chi connectivity index (χ4v) is 3.94. The Hall–Kier alpha value is -0.630. The van der Waals surface area contributed by atoms with Gasteiger partial charge in [-0.2, -0.15) is 0 Å². The normalized spacial score (nSPS) is 18.2. The van der Waals surface area contributed by atoms with Crippen LogP contribution in [0.5, 0.6) is 0 Å². The first-order valence-corrected chi connectivity index (χ1v) is 7.67. The molecule has 2 amide bonds. The van der Waals surface area contributed by atoms with Crippen molar-refractivity contribution >= 4 is 56.3 Å². The molecule has 96 valence electrons. The second-order valence-corrected chi connectivity index (χ2v) is 6.81. The van der Waals surface area contributed by atoms with Crippen LogP contribution in [0.15, 0.2) is 15.4 Å². The van der Waals surface area contributed by atoms with Crippen LogP contribution in [0.3, 0.4) is 0 Å². The third kappa shape index (κ3) is 2.69. The van der Waals surface area contributed by atoms with Gasteiger partial charge in [-0.05, 0) is 46.8 Å². The molecule has 0 spiro atoms. The number of hydrogen-bond acceptors (Lipinski definition) is 5. The molecule has 1 aliphatic rings. The predicted molar refractivity (Wildman–Crippen MR) is 78.5 cm³/mol. The fraction of sp³-hybridized carbons (Fsp3) is 0.273. The van der Waals surface area contributed by atoms with Crippen molar-refractivity contribution in [2.24, 2.45) is 5.73 Å². The number of carbonyl (C=O) groups is 2. The van der Waals surface area contributed by atoms with Crippen molar-refractivity contribution < 1.29 is 9.59 Å². The Bertz CT molecular complexity index is 520. The molecule has 0 bridgehead atoms. The van der Waals surface area contributed by atoms with Gasteiger partial charge in [0.15, 0.2) is 0 Å². The van der Waals surface area contributed by atoms with Crippen LogP contribution < -0.4 is 5.73 Å². The van der Waals surface area contributed by atoms with Crippen LogP contribution in [-0.2, 0) is 4.79 Å². The lowest BCUT2D eigenvalue weighted by Crippen LogP contribution is -2.33. The van der Waals surface area contributed by atoms with Crippen molar-refractivity contribution in [3.05, 3.63) is 25.2 Å². The van der Waals surface area contributed by atoms with Gasteiger partial charge in [-0.15, -0.1) is 11.3 Å². The third-order valence-electron chi connectivity index (χ3n) is 2.38. The summed E-state index contributed by atoms with van der Waals surface area (Å²) < 4.78 is 1.01. The van der Waals surface area contributed by atoms with Crippen LogP contribution >= 0.6 is 39.0 Å². The summed E-state index contributed by atoms with van der Waals surface area (Å²) in [5.74, 6) is -0.252. The maximum atomic E-state index is 12.0. The highest BCUT2D eigenvalue weighted by Crippen LogP contribution is 2.34. The van der Waals surface area contributed by atoms with Crippen molar-refractivity contribution in [1.82, 2.24) is 4.90 Å². The first-order valence-electron chi connectivity index (χ1n) is 5.24. The van der Waals surface area contributed by atoms with Crippen molar-refractivity contribution in [1.29, 1.82) is 0 Å². The molecule has 0 unspecified atom stereocenters. The van der Waals surface area contributed by atoms with E-state index in [1.54, 1.807) is 17.4 Å². The Balaban J connectivity index is 2.24. The van der Waals surface area contributed by atoms with E-state index in [-0.39, 0.29) is 24.2 Å². The van der Waals surface area contributed by atoms with Crippen LogP contribution in [0.1, 0.15) is 9.75 Å². The summed E-state index contributed by atoms with van der Waals surface area (Å²) in [5, 5.41) is -0.246. The Morgan fingerprint density at radius 2 is 2.22 bits per heavy atom. The minimum Gasteiger partial charge on any atom is -0.329 e. The largest absolute Gasteiger partial charge is 0.329 e. The Labute approximate surface area is 121 Å². The number of nitrogens with two attached hydrogens (primary N) is 1. The van der Waals surface area contributed by atoms with Crippen LogP contribution in [0.25, 0.3) is 6.08 Å². The van der Waals surface area contributed by atoms with E-state index in [9.17, 15) is 9.59 Å². The van der Waals surface area contributed by atoms with Crippen LogP contribution in [0.4, 0.5) is 4.79 Å². The lowest BCUT2D eigenvalue weighted by molar-refractivity contribution is -0.122. The maximum Gasteiger partial charge on any atom is 0.293 e. The fourth-order valence-electron chi connectivity index (χ4n) is 1.50. The van der Waals surface area contributed by atoms with Gasteiger partial charge < -0.3 is 5.73 Å². The average Bonchev–Trinajstić information content (AvgIpc) is 2.75. The molecule has 0 aliphatic carbocycles. The van der Waals surface area contributed by atoms with Crippen LogP contribution in [0.2, 0.25) is 0 Å². The standard InChI is InChI=1S/C11H11BrN2O2S2/c1-6-8(12)4-7(17-6)5-9-10(15)14(3-2-13)11(16)18-9/h4-5H,2-3,13H2,1H3/b9-5+. The molecule has 0 atom stereocenters. The number of carbonyl (C=O) groups excluding carboxylic acids is 2. The van der Waals surface area contributed by atoms with E-state index in [1.165, 1.54) is 4.90 Å². The lowest BCUT2D eigenvalue weighted by atomic mass is 10.3. The van der Waals surface area contributed by atoms with Gasteiger partial charge in [-0.3, -0.25) is 14.5 Å². The maximum absolute atomic E-state index is 12.0. The molecule has 2 N–H and O–H groups in total. The van der Waals surface area contributed by atoms with Crippen molar-refractivity contribution in [3.63, 3.8) is 0 Å². The summed E-state index contributed by atoms with van der Waals surface area (Å²) >= 11 is 5.97.